The van der Waals surface area contributed by atoms with Gasteiger partial charge < -0.3 is 20.2 Å². The number of carbonyl (C=O) groups is 2. The van der Waals surface area contributed by atoms with E-state index in [-0.39, 0.29) is 18.6 Å². The first-order chi connectivity index (χ1) is 9.33. The number of carboxylic acids is 1. The van der Waals surface area contributed by atoms with Crippen molar-refractivity contribution in [2.75, 3.05) is 26.7 Å². The summed E-state index contributed by atoms with van der Waals surface area (Å²) < 4.78 is 0. The fourth-order valence-electron chi connectivity index (χ4n) is 1.77. The zero-order chi connectivity index (χ0) is 15.7. The van der Waals surface area contributed by atoms with Crippen molar-refractivity contribution in [2.45, 2.75) is 52.6 Å². The number of aliphatic carboxylic acids is 1. The number of nitrogens with zero attached hydrogens (tertiary/aromatic N) is 2. The van der Waals surface area contributed by atoms with E-state index < -0.39 is 5.97 Å². The summed E-state index contributed by atoms with van der Waals surface area (Å²) >= 11 is 0. The Morgan fingerprint density at radius 1 is 1.15 bits per heavy atom. The van der Waals surface area contributed by atoms with Gasteiger partial charge in [0.15, 0.2) is 0 Å². The molecule has 2 unspecified atom stereocenters. The van der Waals surface area contributed by atoms with Crippen molar-refractivity contribution < 1.29 is 14.7 Å². The van der Waals surface area contributed by atoms with Crippen molar-refractivity contribution in [2.24, 2.45) is 0 Å². The van der Waals surface area contributed by atoms with Crippen LogP contribution in [-0.4, -0.2) is 65.7 Å². The quantitative estimate of drug-likeness (QED) is 0.676. The molecule has 2 N–H and O–H groups in total. The second-order valence-corrected chi connectivity index (χ2v) is 5.25. The number of hydrogen-bond donors (Lipinski definition) is 2. The molecule has 0 fully saturated rings. The number of carboxylic acid groups (broad SMARTS) is 1. The summed E-state index contributed by atoms with van der Waals surface area (Å²) in [5.74, 6) is -0.989. The van der Waals surface area contributed by atoms with Crippen molar-refractivity contribution in [3.8, 4) is 0 Å². The lowest BCUT2D eigenvalue weighted by Crippen LogP contribution is -2.49. The number of nitrogens with one attached hydrogen (secondary N) is 1. The van der Waals surface area contributed by atoms with Gasteiger partial charge in [-0.1, -0.05) is 13.8 Å². The molecule has 0 aromatic carbocycles. The lowest BCUT2D eigenvalue weighted by Gasteiger charge is -2.28. The minimum atomic E-state index is -0.989. The molecule has 0 spiro atoms. The third-order valence-corrected chi connectivity index (χ3v) is 3.77. The molecule has 0 aromatic rings. The SMILES string of the molecule is CCC(C)N(C)CCNC(=O)N(CC(=O)O)C(C)CC. The highest BCUT2D eigenvalue weighted by atomic mass is 16.4. The molecule has 20 heavy (non-hydrogen) atoms. The molecular weight excluding hydrogens is 258 g/mol. The Kier molecular flexibility index (Phi) is 8.96. The van der Waals surface area contributed by atoms with Gasteiger partial charge >= 0.3 is 12.0 Å². The van der Waals surface area contributed by atoms with E-state index in [9.17, 15) is 9.59 Å². The minimum Gasteiger partial charge on any atom is -0.480 e. The van der Waals surface area contributed by atoms with Crippen molar-refractivity contribution in [1.82, 2.24) is 15.1 Å². The summed E-state index contributed by atoms with van der Waals surface area (Å²) in [5.41, 5.74) is 0. The van der Waals surface area contributed by atoms with Gasteiger partial charge in [-0.25, -0.2) is 4.79 Å². The third kappa shape index (κ3) is 6.75. The Bertz CT molecular complexity index is 310. The number of rotatable bonds is 9. The highest BCUT2D eigenvalue weighted by Gasteiger charge is 2.21. The van der Waals surface area contributed by atoms with E-state index in [1.807, 2.05) is 20.9 Å². The van der Waals surface area contributed by atoms with Crippen molar-refractivity contribution >= 4 is 12.0 Å². The van der Waals surface area contributed by atoms with Gasteiger partial charge in [-0.3, -0.25) is 4.79 Å². The zero-order valence-corrected chi connectivity index (χ0v) is 13.3. The molecule has 6 heteroatoms. The van der Waals surface area contributed by atoms with E-state index in [1.54, 1.807) is 0 Å². The normalized spacial score (nSPS) is 13.9. The molecular formula is C14H29N3O3. The number of amides is 2. The van der Waals surface area contributed by atoms with Crippen molar-refractivity contribution in [3.63, 3.8) is 0 Å². The summed E-state index contributed by atoms with van der Waals surface area (Å²) in [6, 6.07) is 0.0780. The van der Waals surface area contributed by atoms with Crippen LogP contribution in [0.1, 0.15) is 40.5 Å². The standard InChI is InChI=1S/C14H29N3O3/c1-6-11(3)16(5)9-8-15-14(20)17(10-13(18)19)12(4)7-2/h11-12H,6-10H2,1-5H3,(H,15,20)(H,18,19). The Morgan fingerprint density at radius 2 is 1.70 bits per heavy atom. The fraction of sp³-hybridized carbons (Fsp3) is 0.857. The minimum absolute atomic E-state index is 0.0848. The average Bonchev–Trinajstić information content (AvgIpc) is 2.42. The lowest BCUT2D eigenvalue weighted by atomic mass is 10.2. The molecule has 0 heterocycles. The molecule has 0 aromatic heterocycles. The summed E-state index contributed by atoms with van der Waals surface area (Å²) in [6.07, 6.45) is 1.79. The number of likely N-dealkylation sites (N-methyl/N-ethyl adjacent to an activating group) is 1. The topological polar surface area (TPSA) is 72.9 Å². The van der Waals surface area contributed by atoms with Crippen LogP contribution in [0, 0.1) is 0 Å². The van der Waals surface area contributed by atoms with Gasteiger partial charge in [0.05, 0.1) is 0 Å². The third-order valence-electron chi connectivity index (χ3n) is 3.77. The van der Waals surface area contributed by atoms with Crippen LogP contribution in [0.3, 0.4) is 0 Å². The van der Waals surface area contributed by atoms with Crippen LogP contribution in [0.5, 0.6) is 0 Å². The predicted molar refractivity (Wildman–Crippen MR) is 79.9 cm³/mol. The summed E-state index contributed by atoms with van der Waals surface area (Å²) in [7, 11) is 2.02. The van der Waals surface area contributed by atoms with E-state index in [0.717, 1.165) is 19.4 Å². The number of hydrogen-bond acceptors (Lipinski definition) is 3. The predicted octanol–water partition coefficient (Wildman–Crippen LogP) is 1.61. The lowest BCUT2D eigenvalue weighted by molar-refractivity contribution is -0.138. The molecule has 0 aliphatic rings. The van der Waals surface area contributed by atoms with Gasteiger partial charge in [-0.05, 0) is 33.7 Å². The second kappa shape index (κ2) is 9.58. The largest absolute Gasteiger partial charge is 0.480 e. The monoisotopic (exact) mass is 287 g/mol. The maximum Gasteiger partial charge on any atom is 0.323 e. The zero-order valence-electron chi connectivity index (χ0n) is 13.3. The number of urea groups is 1. The first-order valence-electron chi connectivity index (χ1n) is 7.29. The maximum atomic E-state index is 12.0. The van der Waals surface area contributed by atoms with Crippen molar-refractivity contribution in [1.29, 1.82) is 0 Å². The van der Waals surface area contributed by atoms with E-state index in [2.05, 4.69) is 24.1 Å². The van der Waals surface area contributed by atoms with Crippen LogP contribution in [0.25, 0.3) is 0 Å². The van der Waals surface area contributed by atoms with Crippen LogP contribution < -0.4 is 5.32 Å². The Hall–Kier alpha value is -1.30. The molecule has 0 saturated heterocycles. The highest BCUT2D eigenvalue weighted by molar-refractivity contribution is 5.80. The number of carbonyl (C=O) groups excluding carboxylic acids is 1. The van der Waals surface area contributed by atoms with Gasteiger partial charge in [0, 0.05) is 25.2 Å². The smallest absolute Gasteiger partial charge is 0.323 e. The van der Waals surface area contributed by atoms with Gasteiger partial charge in [-0.2, -0.15) is 0 Å². The molecule has 0 radical (unpaired) electrons. The summed E-state index contributed by atoms with van der Waals surface area (Å²) in [4.78, 5) is 26.4. The molecule has 2 amide bonds. The molecule has 2 atom stereocenters. The van der Waals surface area contributed by atoms with Crippen LogP contribution in [0.2, 0.25) is 0 Å². The fourth-order valence-corrected chi connectivity index (χ4v) is 1.77. The van der Waals surface area contributed by atoms with E-state index >= 15 is 0 Å². The molecule has 118 valence electrons. The van der Waals surface area contributed by atoms with E-state index in [0.29, 0.717) is 12.6 Å². The Balaban J connectivity index is 4.29. The molecule has 0 bridgehead atoms. The first-order valence-corrected chi connectivity index (χ1v) is 7.29. The molecule has 0 saturated carbocycles. The van der Waals surface area contributed by atoms with Crippen LogP contribution in [0.4, 0.5) is 4.79 Å². The first kappa shape index (κ1) is 18.7. The molecule has 0 rings (SSSR count). The van der Waals surface area contributed by atoms with Crippen LogP contribution in [-0.2, 0) is 4.79 Å². The van der Waals surface area contributed by atoms with Gasteiger partial charge in [0.25, 0.3) is 0 Å². The van der Waals surface area contributed by atoms with Crippen LogP contribution >= 0.6 is 0 Å². The Morgan fingerprint density at radius 3 is 2.15 bits per heavy atom. The molecule has 0 aliphatic heterocycles. The van der Waals surface area contributed by atoms with Gasteiger partial charge in [0.2, 0.25) is 0 Å². The van der Waals surface area contributed by atoms with Crippen LogP contribution in [0.15, 0.2) is 0 Å². The van der Waals surface area contributed by atoms with Gasteiger partial charge in [0.1, 0.15) is 6.54 Å². The van der Waals surface area contributed by atoms with E-state index in [1.165, 1.54) is 4.90 Å². The molecule has 0 aliphatic carbocycles. The summed E-state index contributed by atoms with van der Waals surface area (Å²) in [5, 5.41) is 11.7. The average molecular weight is 287 g/mol. The summed E-state index contributed by atoms with van der Waals surface area (Å²) in [6.45, 7) is 9.06. The Labute approximate surface area is 122 Å². The highest BCUT2D eigenvalue weighted by Crippen LogP contribution is 2.04. The van der Waals surface area contributed by atoms with Gasteiger partial charge in [-0.15, -0.1) is 0 Å². The second-order valence-electron chi connectivity index (χ2n) is 5.25. The maximum absolute atomic E-state index is 12.0. The van der Waals surface area contributed by atoms with Crippen molar-refractivity contribution in [3.05, 3.63) is 0 Å². The molecule has 6 nitrogen and oxygen atoms in total. The van der Waals surface area contributed by atoms with E-state index in [4.69, 9.17) is 5.11 Å².